The number of aliphatic hydroxyl groups excluding tert-OH is 1. The standard InChI is InChI=1S/C14H23NO2/c1-4-14(16)12-6-8-13(9-7-12)15(5-2)10-11-17-3/h6-9,14,16H,4-5,10-11H2,1-3H3/t14-/m0/s1. The lowest BCUT2D eigenvalue weighted by molar-refractivity contribution is 0.173. The third-order valence-electron chi connectivity index (χ3n) is 2.98. The first-order valence-electron chi connectivity index (χ1n) is 6.24. The maximum Gasteiger partial charge on any atom is 0.0787 e. The number of likely N-dealkylation sites (N-methyl/N-ethyl adjacent to an activating group) is 1. The molecule has 1 aromatic rings. The zero-order chi connectivity index (χ0) is 12.7. The Morgan fingerprint density at radius 1 is 1.24 bits per heavy atom. The largest absolute Gasteiger partial charge is 0.388 e. The van der Waals surface area contributed by atoms with Crippen LogP contribution in [0.3, 0.4) is 0 Å². The Balaban J connectivity index is 2.70. The van der Waals surface area contributed by atoms with Gasteiger partial charge in [-0.2, -0.15) is 0 Å². The molecule has 1 rings (SSSR count). The van der Waals surface area contributed by atoms with E-state index in [1.165, 1.54) is 5.69 Å². The van der Waals surface area contributed by atoms with Crippen molar-refractivity contribution in [3.8, 4) is 0 Å². The summed E-state index contributed by atoms with van der Waals surface area (Å²) >= 11 is 0. The van der Waals surface area contributed by atoms with Crippen molar-refractivity contribution in [2.45, 2.75) is 26.4 Å². The molecule has 0 spiro atoms. The fraction of sp³-hybridized carbons (Fsp3) is 0.571. The van der Waals surface area contributed by atoms with Gasteiger partial charge in [0.25, 0.3) is 0 Å². The molecule has 17 heavy (non-hydrogen) atoms. The molecule has 0 saturated carbocycles. The third-order valence-corrected chi connectivity index (χ3v) is 2.98. The van der Waals surface area contributed by atoms with Crippen molar-refractivity contribution in [1.29, 1.82) is 0 Å². The van der Waals surface area contributed by atoms with Crippen LogP contribution in [0.4, 0.5) is 5.69 Å². The van der Waals surface area contributed by atoms with Crippen molar-refractivity contribution in [2.75, 3.05) is 31.7 Å². The molecule has 0 saturated heterocycles. The Kier molecular flexibility index (Phi) is 6.01. The maximum atomic E-state index is 9.72. The van der Waals surface area contributed by atoms with Gasteiger partial charge in [0.1, 0.15) is 0 Å². The van der Waals surface area contributed by atoms with Crippen molar-refractivity contribution in [2.24, 2.45) is 0 Å². The minimum atomic E-state index is -0.349. The first-order chi connectivity index (χ1) is 8.22. The number of ether oxygens (including phenoxy) is 1. The molecule has 0 bridgehead atoms. The van der Waals surface area contributed by atoms with Crippen LogP contribution in [0, 0.1) is 0 Å². The van der Waals surface area contributed by atoms with Crippen LogP contribution >= 0.6 is 0 Å². The molecule has 1 aromatic carbocycles. The average molecular weight is 237 g/mol. The Bertz CT molecular complexity index is 311. The summed E-state index contributed by atoms with van der Waals surface area (Å²) in [6.45, 7) is 6.69. The number of methoxy groups -OCH3 is 1. The molecule has 0 heterocycles. The predicted octanol–water partition coefficient (Wildman–Crippen LogP) is 2.60. The van der Waals surface area contributed by atoms with Gasteiger partial charge in [0.2, 0.25) is 0 Å². The molecular formula is C14H23NO2. The fourth-order valence-electron chi connectivity index (χ4n) is 1.81. The van der Waals surface area contributed by atoms with E-state index in [0.29, 0.717) is 0 Å². The molecule has 0 aliphatic carbocycles. The van der Waals surface area contributed by atoms with E-state index in [4.69, 9.17) is 4.74 Å². The zero-order valence-corrected chi connectivity index (χ0v) is 11.0. The highest BCUT2D eigenvalue weighted by Crippen LogP contribution is 2.20. The quantitative estimate of drug-likeness (QED) is 0.791. The molecule has 0 radical (unpaired) electrons. The summed E-state index contributed by atoms with van der Waals surface area (Å²) in [6, 6.07) is 8.12. The molecule has 0 aromatic heterocycles. The van der Waals surface area contributed by atoms with Gasteiger partial charge in [-0.1, -0.05) is 19.1 Å². The molecule has 1 N–H and O–H groups in total. The van der Waals surface area contributed by atoms with Gasteiger partial charge < -0.3 is 14.7 Å². The number of aliphatic hydroxyl groups is 1. The van der Waals surface area contributed by atoms with Crippen molar-refractivity contribution in [3.05, 3.63) is 29.8 Å². The Hall–Kier alpha value is -1.06. The summed E-state index contributed by atoms with van der Waals surface area (Å²) in [5.74, 6) is 0. The van der Waals surface area contributed by atoms with E-state index in [1.807, 2.05) is 19.1 Å². The second-order valence-electron chi connectivity index (χ2n) is 4.09. The molecule has 0 aliphatic rings. The van der Waals surface area contributed by atoms with E-state index in [0.717, 1.165) is 31.7 Å². The van der Waals surface area contributed by atoms with Crippen LogP contribution in [0.5, 0.6) is 0 Å². The van der Waals surface area contributed by atoms with Gasteiger partial charge in [0.15, 0.2) is 0 Å². The smallest absolute Gasteiger partial charge is 0.0787 e. The highest BCUT2D eigenvalue weighted by molar-refractivity contribution is 5.47. The normalized spacial score (nSPS) is 12.5. The molecule has 0 unspecified atom stereocenters. The molecule has 3 heteroatoms. The van der Waals surface area contributed by atoms with Gasteiger partial charge in [0, 0.05) is 25.9 Å². The predicted molar refractivity (Wildman–Crippen MR) is 71.5 cm³/mol. The number of anilines is 1. The van der Waals surface area contributed by atoms with E-state index < -0.39 is 0 Å². The highest BCUT2D eigenvalue weighted by Gasteiger charge is 2.07. The molecule has 0 fully saturated rings. The number of hydrogen-bond acceptors (Lipinski definition) is 3. The number of hydrogen-bond donors (Lipinski definition) is 1. The Labute approximate surface area is 104 Å². The van der Waals surface area contributed by atoms with E-state index >= 15 is 0 Å². The van der Waals surface area contributed by atoms with Gasteiger partial charge in [-0.3, -0.25) is 0 Å². The van der Waals surface area contributed by atoms with E-state index in [-0.39, 0.29) is 6.10 Å². The highest BCUT2D eigenvalue weighted by atomic mass is 16.5. The van der Waals surface area contributed by atoms with Crippen molar-refractivity contribution >= 4 is 5.69 Å². The lowest BCUT2D eigenvalue weighted by Crippen LogP contribution is -2.26. The van der Waals surface area contributed by atoms with Gasteiger partial charge in [0.05, 0.1) is 12.7 Å². The zero-order valence-electron chi connectivity index (χ0n) is 11.0. The number of benzene rings is 1. The number of rotatable bonds is 7. The van der Waals surface area contributed by atoms with Crippen LogP contribution in [-0.4, -0.2) is 31.9 Å². The van der Waals surface area contributed by atoms with Crippen molar-refractivity contribution < 1.29 is 9.84 Å². The summed E-state index contributed by atoms with van der Waals surface area (Å²) in [4.78, 5) is 2.26. The molecule has 1 atom stereocenters. The summed E-state index contributed by atoms with van der Waals surface area (Å²) in [6.07, 6.45) is 0.402. The first-order valence-corrected chi connectivity index (χ1v) is 6.24. The lowest BCUT2D eigenvalue weighted by Gasteiger charge is -2.23. The Morgan fingerprint density at radius 2 is 1.88 bits per heavy atom. The van der Waals surface area contributed by atoms with Gasteiger partial charge in [-0.05, 0) is 31.0 Å². The van der Waals surface area contributed by atoms with Crippen LogP contribution in [0.1, 0.15) is 31.9 Å². The summed E-state index contributed by atoms with van der Waals surface area (Å²) in [7, 11) is 1.72. The SMILES string of the molecule is CC[C@H](O)c1ccc(N(CC)CCOC)cc1. The molecular weight excluding hydrogens is 214 g/mol. The minimum Gasteiger partial charge on any atom is -0.388 e. The second kappa shape index (κ2) is 7.30. The molecule has 0 aliphatic heterocycles. The molecule has 3 nitrogen and oxygen atoms in total. The van der Waals surface area contributed by atoms with Gasteiger partial charge in [-0.15, -0.1) is 0 Å². The van der Waals surface area contributed by atoms with Gasteiger partial charge in [-0.25, -0.2) is 0 Å². The van der Waals surface area contributed by atoms with Crippen LogP contribution in [0.25, 0.3) is 0 Å². The van der Waals surface area contributed by atoms with Crippen LogP contribution in [0.15, 0.2) is 24.3 Å². The minimum absolute atomic E-state index is 0.349. The van der Waals surface area contributed by atoms with E-state index in [9.17, 15) is 5.11 Å². The van der Waals surface area contributed by atoms with E-state index in [2.05, 4.69) is 24.0 Å². The van der Waals surface area contributed by atoms with Crippen LogP contribution in [0.2, 0.25) is 0 Å². The van der Waals surface area contributed by atoms with Crippen molar-refractivity contribution in [1.82, 2.24) is 0 Å². The monoisotopic (exact) mass is 237 g/mol. The fourth-order valence-corrected chi connectivity index (χ4v) is 1.81. The van der Waals surface area contributed by atoms with E-state index in [1.54, 1.807) is 7.11 Å². The molecule has 0 amide bonds. The lowest BCUT2D eigenvalue weighted by atomic mass is 10.1. The summed E-state index contributed by atoms with van der Waals surface area (Å²) in [5, 5.41) is 9.72. The average Bonchev–Trinajstić information content (AvgIpc) is 2.39. The van der Waals surface area contributed by atoms with Gasteiger partial charge >= 0.3 is 0 Å². The van der Waals surface area contributed by atoms with Crippen LogP contribution < -0.4 is 4.90 Å². The first kappa shape index (κ1) is 14.0. The van der Waals surface area contributed by atoms with Crippen LogP contribution in [-0.2, 0) is 4.74 Å². The van der Waals surface area contributed by atoms with Crippen molar-refractivity contribution in [3.63, 3.8) is 0 Å². The maximum absolute atomic E-state index is 9.72. The second-order valence-corrected chi connectivity index (χ2v) is 4.09. The topological polar surface area (TPSA) is 32.7 Å². The molecule has 96 valence electrons. The summed E-state index contributed by atoms with van der Waals surface area (Å²) < 4.78 is 5.09. The Morgan fingerprint density at radius 3 is 2.35 bits per heavy atom. The number of nitrogens with zero attached hydrogens (tertiary/aromatic N) is 1. The third kappa shape index (κ3) is 4.02. The summed E-state index contributed by atoms with van der Waals surface area (Å²) in [5.41, 5.74) is 2.16.